The van der Waals surface area contributed by atoms with E-state index >= 15 is 0 Å². The Hall–Kier alpha value is -3.36. The van der Waals surface area contributed by atoms with Gasteiger partial charge in [-0.25, -0.2) is 0 Å². The molecule has 0 aromatic heterocycles. The maximum Gasteiger partial charge on any atom is 0.192 e. The van der Waals surface area contributed by atoms with Crippen LogP contribution in [0.25, 0.3) is 6.08 Å². The van der Waals surface area contributed by atoms with E-state index in [0.717, 1.165) is 27.8 Å². The van der Waals surface area contributed by atoms with Crippen molar-refractivity contribution in [3.05, 3.63) is 149 Å². The third kappa shape index (κ3) is 9.38. The molecular formula is C41H50O5Si. The summed E-state index contributed by atoms with van der Waals surface area (Å²) in [7, 11) is -2.16. The molecule has 0 saturated heterocycles. The van der Waals surface area contributed by atoms with Crippen molar-refractivity contribution in [2.75, 3.05) is 6.61 Å². The van der Waals surface area contributed by atoms with Crippen molar-refractivity contribution in [3.63, 3.8) is 0 Å². The SMILES string of the molecule is CC(C)(C)[Si](C)(C)OC[C@H]1/C(=C\c2ccccc2)[C@@H](OCc2ccccc2)[C@@H](O)[C@@H](OCc2ccccc2)[C@@H]1OCc1ccccc1. The van der Waals surface area contributed by atoms with Gasteiger partial charge in [0, 0.05) is 12.5 Å². The van der Waals surface area contributed by atoms with Crippen molar-refractivity contribution < 1.29 is 23.7 Å². The van der Waals surface area contributed by atoms with Crippen LogP contribution in [0.3, 0.4) is 0 Å². The quantitative estimate of drug-likeness (QED) is 0.147. The highest BCUT2D eigenvalue weighted by Gasteiger charge is 2.50. The molecule has 0 aliphatic heterocycles. The van der Waals surface area contributed by atoms with Crippen molar-refractivity contribution in [1.82, 2.24) is 0 Å². The maximum absolute atomic E-state index is 12.3. The van der Waals surface area contributed by atoms with Gasteiger partial charge in [0.15, 0.2) is 8.32 Å². The molecule has 0 radical (unpaired) electrons. The summed E-state index contributed by atoms with van der Waals surface area (Å²) in [6, 6.07) is 40.6. The molecule has 4 aromatic carbocycles. The summed E-state index contributed by atoms with van der Waals surface area (Å²) < 4.78 is 27.2. The first-order valence-corrected chi connectivity index (χ1v) is 19.6. The molecule has 0 bridgehead atoms. The maximum atomic E-state index is 12.3. The Bertz CT molecular complexity index is 1520. The summed E-state index contributed by atoms with van der Waals surface area (Å²) in [6.07, 6.45) is -0.626. The molecule has 248 valence electrons. The summed E-state index contributed by atoms with van der Waals surface area (Å²) in [4.78, 5) is 0. The van der Waals surface area contributed by atoms with Crippen molar-refractivity contribution in [1.29, 1.82) is 0 Å². The molecule has 1 aliphatic rings. The van der Waals surface area contributed by atoms with Gasteiger partial charge in [-0.2, -0.15) is 0 Å². The van der Waals surface area contributed by atoms with Gasteiger partial charge < -0.3 is 23.7 Å². The fraction of sp³-hybridized carbons (Fsp3) is 0.366. The van der Waals surface area contributed by atoms with E-state index in [-0.39, 0.29) is 11.0 Å². The number of aliphatic hydroxyl groups excluding tert-OH is 1. The summed E-state index contributed by atoms with van der Waals surface area (Å²) >= 11 is 0. The lowest BCUT2D eigenvalue weighted by atomic mass is 9.75. The Morgan fingerprint density at radius 1 is 0.617 bits per heavy atom. The zero-order chi connectivity index (χ0) is 33.3. The van der Waals surface area contributed by atoms with E-state index < -0.39 is 32.7 Å². The first-order chi connectivity index (χ1) is 22.6. The molecule has 5 rings (SSSR count). The monoisotopic (exact) mass is 650 g/mol. The summed E-state index contributed by atoms with van der Waals surface area (Å²) in [5, 5.41) is 12.3. The van der Waals surface area contributed by atoms with E-state index in [1.54, 1.807) is 0 Å². The van der Waals surface area contributed by atoms with Gasteiger partial charge in [-0.15, -0.1) is 0 Å². The van der Waals surface area contributed by atoms with Crippen LogP contribution >= 0.6 is 0 Å². The molecular weight excluding hydrogens is 601 g/mol. The van der Waals surface area contributed by atoms with Crippen LogP contribution in [0.15, 0.2) is 127 Å². The lowest BCUT2D eigenvalue weighted by Crippen LogP contribution is -2.59. The Balaban J connectivity index is 1.57. The van der Waals surface area contributed by atoms with Crippen LogP contribution in [0.2, 0.25) is 18.1 Å². The van der Waals surface area contributed by atoms with Gasteiger partial charge in [-0.1, -0.05) is 148 Å². The van der Waals surface area contributed by atoms with E-state index in [2.05, 4.69) is 64.2 Å². The minimum atomic E-state index is -2.16. The Morgan fingerprint density at radius 3 is 1.51 bits per heavy atom. The molecule has 0 spiro atoms. The van der Waals surface area contributed by atoms with Gasteiger partial charge in [0.25, 0.3) is 0 Å². The van der Waals surface area contributed by atoms with Gasteiger partial charge in [0.2, 0.25) is 0 Å². The number of benzene rings is 4. The first-order valence-electron chi connectivity index (χ1n) is 16.7. The number of hydrogen-bond donors (Lipinski definition) is 1. The largest absolute Gasteiger partial charge is 0.416 e. The van der Waals surface area contributed by atoms with Gasteiger partial charge >= 0.3 is 0 Å². The molecule has 5 nitrogen and oxygen atoms in total. The number of rotatable bonds is 13. The van der Waals surface area contributed by atoms with E-state index in [0.29, 0.717) is 26.4 Å². The topological polar surface area (TPSA) is 57.2 Å². The predicted octanol–water partition coefficient (Wildman–Crippen LogP) is 8.84. The average molecular weight is 651 g/mol. The van der Waals surface area contributed by atoms with Crippen molar-refractivity contribution >= 4 is 14.4 Å². The van der Waals surface area contributed by atoms with Gasteiger partial charge in [-0.3, -0.25) is 0 Å². The van der Waals surface area contributed by atoms with Gasteiger partial charge in [0.1, 0.15) is 18.3 Å². The summed E-state index contributed by atoms with van der Waals surface area (Å²) in [5.74, 6) is -0.238. The minimum Gasteiger partial charge on any atom is -0.416 e. The second kappa shape index (κ2) is 16.2. The minimum absolute atomic E-state index is 0.0251. The molecule has 1 fully saturated rings. The second-order valence-corrected chi connectivity index (χ2v) is 18.8. The number of ether oxygens (including phenoxy) is 3. The van der Waals surface area contributed by atoms with Crippen LogP contribution in [0, 0.1) is 5.92 Å². The lowest BCUT2D eigenvalue weighted by molar-refractivity contribution is -0.196. The Kier molecular flexibility index (Phi) is 12.0. The average Bonchev–Trinajstić information content (AvgIpc) is 3.07. The van der Waals surface area contributed by atoms with Crippen LogP contribution in [0.5, 0.6) is 0 Å². The zero-order valence-electron chi connectivity index (χ0n) is 28.4. The second-order valence-electron chi connectivity index (χ2n) is 14.0. The Labute approximate surface area is 282 Å². The van der Waals surface area contributed by atoms with E-state index in [9.17, 15) is 5.11 Å². The normalized spacial score (nSPS) is 22.8. The molecule has 1 aliphatic carbocycles. The summed E-state index contributed by atoms with van der Waals surface area (Å²) in [6.45, 7) is 12.8. The first kappa shape index (κ1) is 35.0. The molecule has 5 atom stereocenters. The standard InChI is InChI=1S/C41H50O5Si/c1-41(2,3)47(4,5)46-30-36-35(26-31-18-10-6-11-19-31)38(43-27-32-20-12-7-13-21-32)37(42)40(45-29-34-24-16-9-17-25-34)39(36)44-28-33-22-14-8-15-23-33/h6-26,36-40,42H,27-30H2,1-5H3/b35-26+/t36-,37+,38+,39+,40+/m0/s1. The zero-order valence-corrected chi connectivity index (χ0v) is 29.4. The van der Waals surface area contributed by atoms with Crippen molar-refractivity contribution in [2.45, 2.75) is 83.1 Å². The highest BCUT2D eigenvalue weighted by Crippen LogP contribution is 2.42. The smallest absolute Gasteiger partial charge is 0.192 e. The Morgan fingerprint density at radius 2 is 1.04 bits per heavy atom. The van der Waals surface area contributed by atoms with Crippen LogP contribution in [-0.4, -0.2) is 44.4 Å². The fourth-order valence-electron chi connectivity index (χ4n) is 5.72. The molecule has 1 saturated carbocycles. The predicted molar refractivity (Wildman–Crippen MR) is 192 cm³/mol. The molecule has 1 N–H and O–H groups in total. The molecule has 0 heterocycles. The van der Waals surface area contributed by atoms with E-state index in [4.69, 9.17) is 18.6 Å². The van der Waals surface area contributed by atoms with E-state index in [1.165, 1.54) is 0 Å². The molecule has 6 heteroatoms. The lowest BCUT2D eigenvalue weighted by Gasteiger charge is -2.47. The molecule has 4 aromatic rings. The van der Waals surface area contributed by atoms with Gasteiger partial charge in [0.05, 0.1) is 25.9 Å². The molecule has 0 amide bonds. The fourth-order valence-corrected chi connectivity index (χ4v) is 6.75. The van der Waals surface area contributed by atoms with Gasteiger partial charge in [-0.05, 0) is 46.0 Å². The van der Waals surface area contributed by atoms with Crippen LogP contribution in [0.1, 0.15) is 43.0 Å². The van der Waals surface area contributed by atoms with Crippen molar-refractivity contribution in [3.8, 4) is 0 Å². The van der Waals surface area contributed by atoms with Crippen LogP contribution in [0.4, 0.5) is 0 Å². The molecule has 47 heavy (non-hydrogen) atoms. The summed E-state index contributed by atoms with van der Waals surface area (Å²) in [5.41, 5.74) is 5.12. The third-order valence-corrected chi connectivity index (χ3v) is 14.0. The van der Waals surface area contributed by atoms with Crippen LogP contribution in [-0.2, 0) is 38.5 Å². The van der Waals surface area contributed by atoms with Crippen LogP contribution < -0.4 is 0 Å². The molecule has 0 unspecified atom stereocenters. The number of hydrogen-bond acceptors (Lipinski definition) is 5. The highest BCUT2D eigenvalue weighted by atomic mass is 28.4. The highest BCUT2D eigenvalue weighted by molar-refractivity contribution is 6.74. The van der Waals surface area contributed by atoms with Crippen molar-refractivity contribution in [2.24, 2.45) is 5.92 Å². The van der Waals surface area contributed by atoms with E-state index in [1.807, 2.05) is 97.1 Å². The number of aliphatic hydroxyl groups is 1. The third-order valence-electron chi connectivity index (χ3n) is 9.53.